The van der Waals surface area contributed by atoms with E-state index in [0.717, 1.165) is 37.8 Å². The van der Waals surface area contributed by atoms with Crippen LogP contribution in [-0.4, -0.2) is 142 Å². The van der Waals surface area contributed by atoms with Gasteiger partial charge >= 0.3 is 12.1 Å². The highest BCUT2D eigenvalue weighted by Crippen LogP contribution is 2.66. The molecule has 1 aromatic rings. The Morgan fingerprint density at radius 2 is 1.62 bits per heavy atom. The Kier molecular flexibility index (Phi) is 12.9. The molecule has 2 saturated carbocycles. The summed E-state index contributed by atoms with van der Waals surface area (Å²) in [5.74, 6) is 4.87. The van der Waals surface area contributed by atoms with Gasteiger partial charge in [-0.05, 0) is 119 Å². The summed E-state index contributed by atoms with van der Waals surface area (Å²) < 4.78 is 5.45. The van der Waals surface area contributed by atoms with E-state index in [1.165, 1.54) is 48.8 Å². The van der Waals surface area contributed by atoms with Gasteiger partial charge in [-0.3, -0.25) is 19.2 Å². The average molecular weight is 868 g/mol. The molecule has 0 radical (unpaired) electrons. The third kappa shape index (κ3) is 9.00. The van der Waals surface area contributed by atoms with Gasteiger partial charge in [0.2, 0.25) is 17.7 Å². The van der Waals surface area contributed by atoms with Crippen LogP contribution in [0.4, 0.5) is 10.5 Å². The minimum absolute atomic E-state index is 0.0499. The normalized spacial score (nSPS) is 29.4. The van der Waals surface area contributed by atoms with E-state index in [4.69, 9.17) is 4.74 Å². The zero-order valence-corrected chi connectivity index (χ0v) is 38.1. The molecular weight excluding hydrogens is 803 g/mol. The van der Waals surface area contributed by atoms with Gasteiger partial charge < -0.3 is 39.4 Å². The van der Waals surface area contributed by atoms with Crippen molar-refractivity contribution in [3.63, 3.8) is 0 Å². The van der Waals surface area contributed by atoms with Gasteiger partial charge in [0.15, 0.2) is 5.78 Å². The number of ether oxygens (including phenoxy) is 1. The van der Waals surface area contributed by atoms with E-state index >= 15 is 0 Å². The van der Waals surface area contributed by atoms with Crippen LogP contribution >= 0.6 is 0 Å². The van der Waals surface area contributed by atoms with Gasteiger partial charge in [0.25, 0.3) is 0 Å². The highest BCUT2D eigenvalue weighted by atomic mass is 16.6. The number of ketones is 1. The molecule has 0 bridgehead atoms. The predicted octanol–water partition coefficient (Wildman–Crippen LogP) is 5.15. The largest absolute Gasteiger partial charge is 0.480 e. The second-order valence-electron chi connectivity index (χ2n) is 19.8. The Balaban J connectivity index is 1.03. The number of piperazine rings is 2. The Morgan fingerprint density at radius 1 is 0.937 bits per heavy atom. The Bertz CT molecular complexity index is 2150. The summed E-state index contributed by atoms with van der Waals surface area (Å²) in [5, 5.41) is 22.2. The lowest BCUT2D eigenvalue weighted by molar-refractivity contribution is -0.161. The van der Waals surface area contributed by atoms with Crippen LogP contribution in [0, 0.1) is 29.1 Å². The Hall–Kier alpha value is -5.16. The molecule has 4 amide bonds. The number of benzene rings is 1. The van der Waals surface area contributed by atoms with Crippen LogP contribution in [0.15, 0.2) is 47.1 Å². The summed E-state index contributed by atoms with van der Waals surface area (Å²) in [7, 11) is 1.98. The number of anilines is 1. The maximum Gasteiger partial charge on any atom is 0.410 e. The van der Waals surface area contributed by atoms with E-state index in [1.807, 2.05) is 13.1 Å². The number of carboxylic acids is 1. The molecule has 63 heavy (non-hydrogen) atoms. The Morgan fingerprint density at radius 3 is 2.29 bits per heavy atom. The van der Waals surface area contributed by atoms with Crippen molar-refractivity contribution in [2.75, 3.05) is 57.8 Å². The van der Waals surface area contributed by atoms with Crippen LogP contribution in [0.25, 0.3) is 0 Å². The summed E-state index contributed by atoms with van der Waals surface area (Å²) in [6.45, 7) is 11.2. The van der Waals surface area contributed by atoms with Gasteiger partial charge in [-0.1, -0.05) is 30.6 Å². The molecule has 340 valence electrons. The second kappa shape index (κ2) is 17.8. The molecule has 7 rings (SSSR count). The van der Waals surface area contributed by atoms with Crippen molar-refractivity contribution in [1.82, 2.24) is 19.6 Å². The van der Waals surface area contributed by atoms with Gasteiger partial charge in [0.1, 0.15) is 23.3 Å². The molecule has 2 saturated heterocycles. The fourth-order valence-corrected chi connectivity index (χ4v) is 11.6. The number of nitrogens with zero attached hydrogens (tertiary/aromatic N) is 5. The molecule has 0 aromatic heterocycles. The van der Waals surface area contributed by atoms with E-state index in [1.54, 1.807) is 27.7 Å². The van der Waals surface area contributed by atoms with E-state index in [-0.39, 0.29) is 74.6 Å². The van der Waals surface area contributed by atoms with Crippen molar-refractivity contribution in [2.45, 2.75) is 129 Å². The van der Waals surface area contributed by atoms with E-state index in [2.05, 4.69) is 47.9 Å². The number of carboxylic acid groups (broad SMARTS) is 1. The molecule has 14 heteroatoms. The molecule has 4 fully saturated rings. The molecule has 7 unspecified atom stereocenters. The molecule has 1 aromatic carbocycles. The van der Waals surface area contributed by atoms with Crippen molar-refractivity contribution in [3.8, 4) is 11.8 Å². The number of allylic oxidation sites excluding steroid dienone is 4. The number of carbonyl (C=O) groups is 6. The minimum atomic E-state index is -1.35. The van der Waals surface area contributed by atoms with Gasteiger partial charge in [-0.25, -0.2) is 9.59 Å². The molecule has 14 nitrogen and oxygen atoms in total. The van der Waals surface area contributed by atoms with Crippen LogP contribution in [0.1, 0.15) is 111 Å². The molecule has 6 aliphatic rings. The third-order valence-electron chi connectivity index (χ3n) is 14.9. The maximum absolute atomic E-state index is 14.2. The summed E-state index contributed by atoms with van der Waals surface area (Å²) in [5.41, 5.74) is 3.96. The first-order valence-electron chi connectivity index (χ1n) is 22.8. The number of carbonyl (C=O) groups excluding carboxylic acids is 5. The standard InChI is InChI=1S/C49H65N5O9/c1-8-20-49(62)21-19-39-37-17-13-33-27-35(56)16-18-36(33)43(37)38(28-48(39,49)6)32-11-14-34(15-12-32)50(7)22-9-10-42(57)53-25-23-51(31(2)55)29-40(53)44(58)54-26-24-52(30-41(54)45(59)60)46(61)63-47(3,4)5/h11-12,14-15,27,37-41,62H,9-10,13,16-19,21-26,28-30H2,1-7H3,(H,59,60). The summed E-state index contributed by atoms with van der Waals surface area (Å²) in [6.07, 6.45) is 7.39. The molecule has 4 aliphatic carbocycles. The van der Waals surface area contributed by atoms with Crippen LogP contribution in [0.2, 0.25) is 0 Å². The van der Waals surface area contributed by atoms with E-state index in [0.29, 0.717) is 37.6 Å². The minimum Gasteiger partial charge on any atom is -0.480 e. The van der Waals surface area contributed by atoms with E-state index < -0.39 is 41.3 Å². The molecule has 0 spiro atoms. The average Bonchev–Trinajstić information content (AvgIpc) is 3.50. The van der Waals surface area contributed by atoms with Crippen LogP contribution in [-0.2, 0) is 28.7 Å². The van der Waals surface area contributed by atoms with Crippen LogP contribution in [0.5, 0.6) is 0 Å². The first-order chi connectivity index (χ1) is 29.7. The smallest absolute Gasteiger partial charge is 0.410 e. The molecular formula is C49H65N5O9. The fourth-order valence-electron chi connectivity index (χ4n) is 11.6. The summed E-state index contributed by atoms with van der Waals surface area (Å²) >= 11 is 0. The zero-order chi connectivity index (χ0) is 45.6. The van der Waals surface area contributed by atoms with Gasteiger partial charge in [0, 0.05) is 76.6 Å². The quantitative estimate of drug-likeness (QED) is 0.334. The zero-order valence-electron chi connectivity index (χ0n) is 38.1. The van der Waals surface area contributed by atoms with Gasteiger partial charge in [-0.15, -0.1) is 5.92 Å². The van der Waals surface area contributed by atoms with Gasteiger partial charge in [0.05, 0.1) is 13.1 Å². The maximum atomic E-state index is 14.2. The van der Waals surface area contributed by atoms with Crippen LogP contribution < -0.4 is 4.90 Å². The van der Waals surface area contributed by atoms with Crippen molar-refractivity contribution in [1.29, 1.82) is 0 Å². The van der Waals surface area contributed by atoms with Gasteiger partial charge in [-0.2, -0.15) is 0 Å². The van der Waals surface area contributed by atoms with Crippen molar-refractivity contribution < 1.29 is 43.7 Å². The number of aliphatic hydroxyl groups is 1. The number of aliphatic carboxylic acids is 1. The second-order valence-corrected chi connectivity index (χ2v) is 19.8. The highest BCUT2D eigenvalue weighted by Gasteiger charge is 2.62. The lowest BCUT2D eigenvalue weighted by Gasteiger charge is -2.53. The highest BCUT2D eigenvalue weighted by molar-refractivity contribution is 5.93. The molecule has 2 aliphatic heterocycles. The molecule has 2 heterocycles. The number of fused-ring (bicyclic) bond motifs is 4. The molecule has 2 N–H and O–H groups in total. The first-order valence-corrected chi connectivity index (χ1v) is 22.8. The monoisotopic (exact) mass is 867 g/mol. The topological polar surface area (TPSA) is 168 Å². The SMILES string of the molecule is CC#CC1(O)CCC2C3CCC4=CC(=O)CCC4=C3C(c3ccc(N(C)CCCC(=O)N4CCN(C(C)=O)CC4C(=O)N4CCN(C(=O)OC(C)(C)C)CC4C(=O)O)cc3)CC21C. The van der Waals surface area contributed by atoms with Crippen molar-refractivity contribution >= 4 is 41.3 Å². The fraction of sp³-hybridized carbons (Fsp3) is 0.633. The summed E-state index contributed by atoms with van der Waals surface area (Å²) in [6, 6.07) is 6.17. The van der Waals surface area contributed by atoms with Crippen LogP contribution in [0.3, 0.4) is 0 Å². The number of amides is 4. The first kappa shape index (κ1) is 45.9. The van der Waals surface area contributed by atoms with Crippen molar-refractivity contribution in [3.05, 3.63) is 52.6 Å². The predicted molar refractivity (Wildman–Crippen MR) is 236 cm³/mol. The Labute approximate surface area is 371 Å². The number of rotatable bonds is 8. The lowest BCUT2D eigenvalue weighted by Crippen LogP contribution is -2.67. The molecule has 7 atom stereocenters. The number of hydrogen-bond acceptors (Lipinski definition) is 9. The van der Waals surface area contributed by atoms with E-state index in [9.17, 15) is 39.0 Å². The number of hydrogen-bond donors (Lipinski definition) is 2. The van der Waals surface area contributed by atoms with Crippen molar-refractivity contribution in [2.24, 2.45) is 17.3 Å². The third-order valence-corrected chi connectivity index (χ3v) is 14.9. The summed E-state index contributed by atoms with van der Waals surface area (Å²) in [4.78, 5) is 86.0. The lowest BCUT2D eigenvalue weighted by atomic mass is 9.51.